The van der Waals surface area contributed by atoms with Crippen molar-refractivity contribution in [2.45, 2.75) is 0 Å². The number of rotatable bonds is 4. The van der Waals surface area contributed by atoms with E-state index in [4.69, 9.17) is 0 Å². The minimum absolute atomic E-state index is 1.17. The van der Waals surface area contributed by atoms with Crippen LogP contribution in [0, 0.1) is 0 Å². The molecule has 47 heavy (non-hydrogen) atoms. The fourth-order valence-electron chi connectivity index (χ4n) is 7.78. The lowest BCUT2D eigenvalue weighted by Gasteiger charge is -2.18. The molecule has 0 saturated carbocycles. The summed E-state index contributed by atoms with van der Waals surface area (Å²) in [4.78, 5) is 0. The summed E-state index contributed by atoms with van der Waals surface area (Å²) in [5.41, 5.74) is 11.0. The maximum atomic E-state index is 2.43. The number of aromatic nitrogens is 1. The Hall–Kier alpha value is -6.18. The third kappa shape index (κ3) is 3.97. The summed E-state index contributed by atoms with van der Waals surface area (Å²) in [6.07, 6.45) is 0. The molecular formula is C46H29N. The zero-order valence-electron chi connectivity index (χ0n) is 25.7. The Bertz CT molecular complexity index is 2740. The number of para-hydroxylation sites is 2. The van der Waals surface area contributed by atoms with E-state index in [1.54, 1.807) is 0 Å². The molecule has 0 unspecified atom stereocenters. The lowest BCUT2D eigenvalue weighted by atomic mass is 9.85. The van der Waals surface area contributed by atoms with Crippen LogP contribution >= 0.6 is 0 Å². The van der Waals surface area contributed by atoms with E-state index >= 15 is 0 Å². The molecule has 1 nitrogen and oxygen atoms in total. The van der Waals surface area contributed by atoms with E-state index in [0.29, 0.717) is 0 Å². The van der Waals surface area contributed by atoms with Crippen LogP contribution in [0.2, 0.25) is 0 Å². The molecule has 1 heterocycles. The van der Waals surface area contributed by atoms with Crippen LogP contribution in [-0.4, -0.2) is 4.57 Å². The Kier molecular flexibility index (Phi) is 5.64. The van der Waals surface area contributed by atoms with Gasteiger partial charge in [-0.15, -0.1) is 0 Å². The molecule has 0 radical (unpaired) electrons. The van der Waals surface area contributed by atoms with E-state index in [0.717, 1.165) is 0 Å². The number of benzene rings is 9. The normalized spacial score (nSPS) is 11.8. The summed E-state index contributed by atoms with van der Waals surface area (Å²) in [6.45, 7) is 0. The largest absolute Gasteiger partial charge is 0.309 e. The molecule has 0 fully saturated rings. The zero-order valence-corrected chi connectivity index (χ0v) is 25.7. The van der Waals surface area contributed by atoms with Gasteiger partial charge in [-0.05, 0) is 96.0 Å². The number of fused-ring (bicyclic) bond motifs is 3. The van der Waals surface area contributed by atoms with Crippen molar-refractivity contribution in [3.8, 4) is 39.1 Å². The van der Waals surface area contributed by atoms with E-state index in [1.807, 2.05) is 0 Å². The van der Waals surface area contributed by atoms with Gasteiger partial charge in [0.25, 0.3) is 0 Å². The first kappa shape index (κ1) is 26.1. The van der Waals surface area contributed by atoms with E-state index in [9.17, 15) is 0 Å². The Labute approximate surface area is 272 Å². The molecule has 0 N–H and O–H groups in total. The van der Waals surface area contributed by atoms with Crippen molar-refractivity contribution >= 4 is 54.1 Å². The first-order valence-electron chi connectivity index (χ1n) is 16.3. The fourth-order valence-corrected chi connectivity index (χ4v) is 7.78. The van der Waals surface area contributed by atoms with E-state index in [1.165, 1.54) is 93.2 Å². The summed E-state index contributed by atoms with van der Waals surface area (Å²) in [5.74, 6) is 0. The van der Waals surface area contributed by atoms with Gasteiger partial charge < -0.3 is 4.57 Å². The highest BCUT2D eigenvalue weighted by Gasteiger charge is 2.19. The highest BCUT2D eigenvalue weighted by molar-refractivity contribution is 6.28. The van der Waals surface area contributed by atoms with Crippen molar-refractivity contribution in [2.24, 2.45) is 0 Å². The number of nitrogens with zero attached hydrogens (tertiary/aromatic N) is 1. The van der Waals surface area contributed by atoms with E-state index < -0.39 is 0 Å². The summed E-state index contributed by atoms with van der Waals surface area (Å²) >= 11 is 0. The monoisotopic (exact) mass is 595 g/mol. The van der Waals surface area contributed by atoms with Crippen LogP contribution in [0.1, 0.15) is 0 Å². The van der Waals surface area contributed by atoms with E-state index in [2.05, 4.69) is 180 Å². The molecule has 0 aliphatic carbocycles. The average Bonchev–Trinajstić information content (AvgIpc) is 3.48. The quantitative estimate of drug-likeness (QED) is 0.178. The molecule has 10 aromatic rings. The SMILES string of the molecule is c1ccc(-c2ccc(-c3cc(-c4ccc5c6ccccc6n(-c6ccccc6)c5c4)c4ccc5cccc6ccc3c4c65)cc2)cc1. The first-order valence-corrected chi connectivity index (χ1v) is 16.3. The smallest absolute Gasteiger partial charge is 0.0547 e. The van der Waals surface area contributed by atoms with Crippen LogP contribution in [0.4, 0.5) is 0 Å². The number of hydrogen-bond acceptors (Lipinski definition) is 0. The summed E-state index contributed by atoms with van der Waals surface area (Å²) < 4.78 is 2.41. The molecule has 0 saturated heterocycles. The Balaban J connectivity index is 1.27. The standard InChI is InChI=1S/C46H29N/c1-3-10-30(11-4-1)31-18-20-32(21-19-31)41-29-42(40-27-23-34-13-9-12-33-22-26-39(41)46(40)45(33)34)35-24-25-38-37-16-7-8-17-43(37)47(44(38)28-35)36-14-5-2-6-15-36/h1-29H. The van der Waals surface area contributed by atoms with Crippen LogP contribution in [0.3, 0.4) is 0 Å². The molecular weight excluding hydrogens is 567 g/mol. The Morgan fingerprint density at radius 3 is 1.60 bits per heavy atom. The van der Waals surface area contributed by atoms with Crippen molar-refractivity contribution in [1.82, 2.24) is 4.57 Å². The van der Waals surface area contributed by atoms with Gasteiger partial charge in [-0.1, -0.05) is 146 Å². The van der Waals surface area contributed by atoms with Crippen molar-refractivity contribution in [3.63, 3.8) is 0 Å². The molecule has 9 aromatic carbocycles. The molecule has 0 aliphatic rings. The van der Waals surface area contributed by atoms with Gasteiger partial charge in [0.15, 0.2) is 0 Å². The van der Waals surface area contributed by atoms with Crippen molar-refractivity contribution in [3.05, 3.63) is 176 Å². The minimum Gasteiger partial charge on any atom is -0.309 e. The lowest BCUT2D eigenvalue weighted by molar-refractivity contribution is 1.18. The van der Waals surface area contributed by atoms with Crippen LogP contribution in [0.15, 0.2) is 176 Å². The van der Waals surface area contributed by atoms with Crippen LogP contribution in [-0.2, 0) is 0 Å². The second kappa shape index (κ2) is 10.2. The molecule has 0 bridgehead atoms. The molecule has 1 heteroatoms. The maximum Gasteiger partial charge on any atom is 0.0547 e. The summed E-state index contributed by atoms with van der Waals surface area (Å²) in [5, 5.41) is 10.4. The minimum atomic E-state index is 1.17. The second-order valence-electron chi connectivity index (χ2n) is 12.5. The molecule has 0 atom stereocenters. The van der Waals surface area contributed by atoms with Crippen molar-refractivity contribution in [1.29, 1.82) is 0 Å². The predicted octanol–water partition coefficient (Wildman–Crippen LogP) is 12.7. The van der Waals surface area contributed by atoms with E-state index in [-0.39, 0.29) is 0 Å². The Morgan fingerprint density at radius 1 is 0.298 bits per heavy atom. The van der Waals surface area contributed by atoms with Gasteiger partial charge in [0.05, 0.1) is 11.0 Å². The molecule has 0 aliphatic heterocycles. The highest BCUT2D eigenvalue weighted by atomic mass is 15.0. The van der Waals surface area contributed by atoms with Gasteiger partial charge >= 0.3 is 0 Å². The highest BCUT2D eigenvalue weighted by Crippen LogP contribution is 2.45. The maximum absolute atomic E-state index is 2.43. The molecule has 0 spiro atoms. The molecule has 1 aromatic heterocycles. The zero-order chi connectivity index (χ0) is 30.9. The van der Waals surface area contributed by atoms with Gasteiger partial charge in [0, 0.05) is 16.5 Å². The van der Waals surface area contributed by atoms with Crippen LogP contribution in [0.25, 0.3) is 93.2 Å². The molecule has 10 rings (SSSR count). The second-order valence-corrected chi connectivity index (χ2v) is 12.5. The summed E-state index contributed by atoms with van der Waals surface area (Å²) in [7, 11) is 0. The van der Waals surface area contributed by atoms with Gasteiger partial charge in [-0.25, -0.2) is 0 Å². The molecule has 0 amide bonds. The average molecular weight is 596 g/mol. The predicted molar refractivity (Wildman–Crippen MR) is 201 cm³/mol. The van der Waals surface area contributed by atoms with Gasteiger partial charge in [-0.3, -0.25) is 0 Å². The third-order valence-electron chi connectivity index (χ3n) is 9.95. The topological polar surface area (TPSA) is 4.93 Å². The summed E-state index contributed by atoms with van der Waals surface area (Å²) in [6, 6.07) is 64.5. The van der Waals surface area contributed by atoms with Crippen molar-refractivity contribution < 1.29 is 0 Å². The third-order valence-corrected chi connectivity index (χ3v) is 9.95. The van der Waals surface area contributed by atoms with Crippen LogP contribution < -0.4 is 0 Å². The van der Waals surface area contributed by atoms with Crippen LogP contribution in [0.5, 0.6) is 0 Å². The van der Waals surface area contributed by atoms with Gasteiger partial charge in [0.2, 0.25) is 0 Å². The number of hydrogen-bond donors (Lipinski definition) is 0. The first-order chi connectivity index (χ1) is 23.3. The Morgan fingerprint density at radius 2 is 0.851 bits per heavy atom. The lowest BCUT2D eigenvalue weighted by Crippen LogP contribution is -1.94. The van der Waals surface area contributed by atoms with Gasteiger partial charge in [-0.2, -0.15) is 0 Å². The van der Waals surface area contributed by atoms with Crippen molar-refractivity contribution in [2.75, 3.05) is 0 Å². The fraction of sp³-hybridized carbons (Fsp3) is 0. The molecule has 218 valence electrons. The van der Waals surface area contributed by atoms with Gasteiger partial charge in [0.1, 0.15) is 0 Å².